The molecule has 1 aromatic rings. The lowest BCUT2D eigenvalue weighted by Gasteiger charge is -2.31. The van der Waals surface area contributed by atoms with Gasteiger partial charge in [-0.05, 0) is 57.4 Å². The quantitative estimate of drug-likeness (QED) is 0.789. The molecule has 0 heterocycles. The average Bonchev–Trinajstić information content (AvgIpc) is 3.27. The van der Waals surface area contributed by atoms with Crippen LogP contribution in [0.2, 0.25) is 0 Å². The lowest BCUT2D eigenvalue weighted by Crippen LogP contribution is -2.39. The second-order valence-electron chi connectivity index (χ2n) is 6.11. The topological polar surface area (TPSA) is 24.5 Å². The summed E-state index contributed by atoms with van der Waals surface area (Å²) in [7, 11) is 3.76. The number of likely N-dealkylation sites (N-methyl/N-ethyl adjacent to an activating group) is 1. The first-order valence-electron chi connectivity index (χ1n) is 7.69. The molecule has 3 nitrogen and oxygen atoms in total. The Labute approximate surface area is 123 Å². The highest BCUT2D eigenvalue weighted by Crippen LogP contribution is 2.31. The third-order valence-corrected chi connectivity index (χ3v) is 4.20. The predicted molar refractivity (Wildman–Crippen MR) is 84.2 cm³/mol. The van der Waals surface area contributed by atoms with Gasteiger partial charge in [0.15, 0.2) is 0 Å². The molecule has 0 aliphatic heterocycles. The lowest BCUT2D eigenvalue weighted by molar-refractivity contribution is 0.192. The van der Waals surface area contributed by atoms with Gasteiger partial charge in [0.05, 0.1) is 7.11 Å². The third-order valence-electron chi connectivity index (χ3n) is 4.20. The van der Waals surface area contributed by atoms with E-state index in [9.17, 15) is 0 Å². The first-order chi connectivity index (χ1) is 9.63. The number of nitrogens with zero attached hydrogens (tertiary/aromatic N) is 1. The molecule has 0 amide bonds. The summed E-state index contributed by atoms with van der Waals surface area (Å²) in [5.74, 6) is 1.85. The standard InChI is InChI=1S/C17H28N2O/c1-13(2)19(11-14-5-6-14)12-17(18-3)15-7-9-16(20-4)10-8-15/h7-10,13-14,17-18H,5-6,11-12H2,1-4H3. The minimum absolute atomic E-state index is 0.377. The molecule has 1 saturated carbocycles. The molecule has 1 unspecified atom stereocenters. The van der Waals surface area contributed by atoms with Gasteiger partial charge in [0.2, 0.25) is 0 Å². The average molecular weight is 276 g/mol. The number of hydrogen-bond acceptors (Lipinski definition) is 3. The van der Waals surface area contributed by atoms with Gasteiger partial charge in [-0.1, -0.05) is 12.1 Å². The van der Waals surface area contributed by atoms with Crippen molar-refractivity contribution in [1.82, 2.24) is 10.2 Å². The zero-order valence-electron chi connectivity index (χ0n) is 13.2. The molecule has 0 radical (unpaired) electrons. The van der Waals surface area contributed by atoms with Gasteiger partial charge >= 0.3 is 0 Å². The van der Waals surface area contributed by atoms with Gasteiger partial charge in [0.25, 0.3) is 0 Å². The van der Waals surface area contributed by atoms with Gasteiger partial charge in [-0.2, -0.15) is 0 Å². The summed E-state index contributed by atoms with van der Waals surface area (Å²) in [4.78, 5) is 2.60. The Kier molecular flexibility index (Phi) is 5.44. The summed E-state index contributed by atoms with van der Waals surface area (Å²) in [6.45, 7) is 6.90. The highest BCUT2D eigenvalue weighted by molar-refractivity contribution is 5.29. The van der Waals surface area contributed by atoms with Crippen LogP contribution in [0, 0.1) is 5.92 Å². The minimum Gasteiger partial charge on any atom is -0.497 e. The molecule has 0 saturated heterocycles. The Hall–Kier alpha value is -1.06. The Balaban J connectivity index is 2.01. The molecule has 0 spiro atoms. The maximum Gasteiger partial charge on any atom is 0.118 e. The summed E-state index contributed by atoms with van der Waals surface area (Å²) in [6, 6.07) is 9.39. The van der Waals surface area contributed by atoms with Gasteiger partial charge in [0, 0.05) is 25.2 Å². The molecule has 3 heteroatoms. The van der Waals surface area contributed by atoms with Crippen LogP contribution in [0.25, 0.3) is 0 Å². The number of benzene rings is 1. The van der Waals surface area contributed by atoms with E-state index in [1.165, 1.54) is 24.9 Å². The minimum atomic E-state index is 0.377. The van der Waals surface area contributed by atoms with Crippen LogP contribution in [0.1, 0.15) is 38.3 Å². The van der Waals surface area contributed by atoms with Crippen LogP contribution >= 0.6 is 0 Å². The first-order valence-corrected chi connectivity index (χ1v) is 7.69. The molecule has 1 atom stereocenters. The maximum atomic E-state index is 5.23. The van der Waals surface area contributed by atoms with Crippen LogP contribution in [0.15, 0.2) is 24.3 Å². The molecule has 0 bridgehead atoms. The molecule has 1 aliphatic rings. The molecule has 112 valence electrons. The SMILES string of the molecule is CNC(CN(CC1CC1)C(C)C)c1ccc(OC)cc1. The van der Waals surface area contributed by atoms with Crippen LogP contribution in [0.4, 0.5) is 0 Å². The van der Waals surface area contributed by atoms with E-state index in [0.29, 0.717) is 12.1 Å². The molecule has 20 heavy (non-hydrogen) atoms. The molecular formula is C17H28N2O. The van der Waals surface area contributed by atoms with Gasteiger partial charge < -0.3 is 10.1 Å². The number of methoxy groups -OCH3 is 1. The van der Waals surface area contributed by atoms with Crippen molar-refractivity contribution < 1.29 is 4.74 Å². The fourth-order valence-corrected chi connectivity index (χ4v) is 2.56. The second-order valence-corrected chi connectivity index (χ2v) is 6.11. The Morgan fingerprint density at radius 2 is 1.90 bits per heavy atom. The third kappa shape index (κ3) is 4.22. The van der Waals surface area contributed by atoms with E-state index < -0.39 is 0 Å². The Morgan fingerprint density at radius 3 is 2.35 bits per heavy atom. The van der Waals surface area contributed by atoms with Crippen molar-refractivity contribution in [3.63, 3.8) is 0 Å². The molecular weight excluding hydrogens is 248 g/mol. The van der Waals surface area contributed by atoms with E-state index >= 15 is 0 Å². The number of hydrogen-bond donors (Lipinski definition) is 1. The fraction of sp³-hybridized carbons (Fsp3) is 0.647. The van der Waals surface area contributed by atoms with E-state index in [4.69, 9.17) is 4.74 Å². The zero-order chi connectivity index (χ0) is 14.5. The number of rotatable bonds is 8. The predicted octanol–water partition coefficient (Wildman–Crippen LogP) is 3.08. The molecule has 1 aromatic carbocycles. The monoisotopic (exact) mass is 276 g/mol. The summed E-state index contributed by atoms with van der Waals surface area (Å²) in [6.07, 6.45) is 2.83. The van der Waals surface area contributed by atoms with Gasteiger partial charge in [0.1, 0.15) is 5.75 Å². The maximum absolute atomic E-state index is 5.23. The molecule has 0 aromatic heterocycles. The van der Waals surface area contributed by atoms with Crippen LogP contribution in [0.3, 0.4) is 0 Å². The van der Waals surface area contributed by atoms with E-state index in [0.717, 1.165) is 18.2 Å². The smallest absolute Gasteiger partial charge is 0.118 e. The fourth-order valence-electron chi connectivity index (χ4n) is 2.56. The van der Waals surface area contributed by atoms with Gasteiger partial charge in [-0.25, -0.2) is 0 Å². The van der Waals surface area contributed by atoms with Crippen molar-refractivity contribution in [2.45, 2.75) is 38.8 Å². The summed E-state index contributed by atoms with van der Waals surface area (Å²) in [5, 5.41) is 3.45. The van der Waals surface area contributed by atoms with Crippen LogP contribution in [-0.2, 0) is 0 Å². The molecule has 1 fully saturated rings. The summed E-state index contributed by atoms with van der Waals surface area (Å²) < 4.78 is 5.23. The van der Waals surface area contributed by atoms with Crippen LogP contribution in [-0.4, -0.2) is 38.2 Å². The van der Waals surface area contributed by atoms with Crippen molar-refractivity contribution in [2.24, 2.45) is 5.92 Å². The Bertz CT molecular complexity index is 398. The molecule has 2 rings (SSSR count). The molecule has 1 N–H and O–H groups in total. The lowest BCUT2D eigenvalue weighted by atomic mass is 10.1. The summed E-state index contributed by atoms with van der Waals surface area (Å²) >= 11 is 0. The normalized spacial score (nSPS) is 16.7. The van der Waals surface area contributed by atoms with Crippen molar-refractivity contribution >= 4 is 0 Å². The van der Waals surface area contributed by atoms with Gasteiger partial charge in [-0.15, -0.1) is 0 Å². The van der Waals surface area contributed by atoms with E-state index in [-0.39, 0.29) is 0 Å². The zero-order valence-corrected chi connectivity index (χ0v) is 13.2. The van der Waals surface area contributed by atoms with Crippen molar-refractivity contribution in [3.05, 3.63) is 29.8 Å². The number of nitrogens with one attached hydrogen (secondary N) is 1. The highest BCUT2D eigenvalue weighted by Gasteiger charge is 2.26. The van der Waals surface area contributed by atoms with Crippen molar-refractivity contribution in [3.8, 4) is 5.75 Å². The summed E-state index contributed by atoms with van der Waals surface area (Å²) in [5.41, 5.74) is 1.33. The van der Waals surface area contributed by atoms with Gasteiger partial charge in [-0.3, -0.25) is 4.90 Å². The number of ether oxygens (including phenoxy) is 1. The first kappa shape index (κ1) is 15.3. The Morgan fingerprint density at radius 1 is 1.25 bits per heavy atom. The second kappa shape index (κ2) is 7.09. The van der Waals surface area contributed by atoms with Crippen molar-refractivity contribution in [2.75, 3.05) is 27.2 Å². The van der Waals surface area contributed by atoms with Crippen LogP contribution in [0.5, 0.6) is 5.75 Å². The van der Waals surface area contributed by atoms with E-state index in [1.807, 2.05) is 19.2 Å². The molecule has 1 aliphatic carbocycles. The largest absolute Gasteiger partial charge is 0.497 e. The van der Waals surface area contributed by atoms with Crippen LogP contribution < -0.4 is 10.1 Å². The highest BCUT2D eigenvalue weighted by atomic mass is 16.5. The van der Waals surface area contributed by atoms with E-state index in [1.54, 1.807) is 7.11 Å². The van der Waals surface area contributed by atoms with Crippen molar-refractivity contribution in [1.29, 1.82) is 0 Å². The van der Waals surface area contributed by atoms with E-state index in [2.05, 4.69) is 36.2 Å².